The van der Waals surface area contributed by atoms with Gasteiger partial charge in [0.2, 0.25) is 0 Å². The molecule has 0 bridgehead atoms. The van der Waals surface area contributed by atoms with Crippen LogP contribution in [-0.4, -0.2) is 34.4 Å². The number of nitrogens with zero attached hydrogens (tertiary/aromatic N) is 1. The van der Waals surface area contributed by atoms with Crippen molar-refractivity contribution < 1.29 is 0 Å². The van der Waals surface area contributed by atoms with Gasteiger partial charge in [-0.15, -0.1) is 12.6 Å². The molecular weight excluding hydrogens is 176 g/mol. The first kappa shape index (κ1) is 9.29. The molecule has 0 aliphatic carbocycles. The highest BCUT2D eigenvalue weighted by atomic mass is 32.1. The van der Waals surface area contributed by atoms with Gasteiger partial charge in [0.15, 0.2) is 0 Å². The number of nitrogens with one attached hydrogen (secondary N) is 1. The molecule has 0 saturated carbocycles. The van der Waals surface area contributed by atoms with Crippen LogP contribution in [0.3, 0.4) is 0 Å². The average Bonchev–Trinajstić information content (AvgIpc) is 1.94. The van der Waals surface area contributed by atoms with E-state index in [9.17, 15) is 0 Å². The molecule has 0 radical (unpaired) electrons. The van der Waals surface area contributed by atoms with E-state index in [-0.39, 0.29) is 0 Å². The zero-order chi connectivity index (χ0) is 8.43. The highest BCUT2D eigenvalue weighted by Gasteiger charge is 2.22. The number of piperazine rings is 1. The van der Waals surface area contributed by atoms with E-state index in [4.69, 9.17) is 12.2 Å². The van der Waals surface area contributed by atoms with Gasteiger partial charge in [-0.2, -0.15) is 0 Å². The summed E-state index contributed by atoms with van der Waals surface area (Å²) in [6.45, 7) is 6.29. The Kier molecular flexibility index (Phi) is 3.16. The Morgan fingerprint density at radius 2 is 2.27 bits per heavy atom. The summed E-state index contributed by atoms with van der Waals surface area (Å²) in [5, 5.41) is 3.38. The lowest BCUT2D eigenvalue weighted by molar-refractivity contribution is 0.242. The van der Waals surface area contributed by atoms with Gasteiger partial charge in [0, 0.05) is 25.2 Å². The molecule has 1 saturated heterocycles. The molecule has 11 heavy (non-hydrogen) atoms. The largest absolute Gasteiger partial charge is 0.352 e. The zero-order valence-corrected chi connectivity index (χ0v) is 8.58. The molecule has 0 spiro atoms. The summed E-state index contributed by atoms with van der Waals surface area (Å²) in [6, 6.07) is 1.01. The lowest BCUT2D eigenvalue weighted by Gasteiger charge is -2.37. The maximum atomic E-state index is 5.01. The van der Waals surface area contributed by atoms with Crippen molar-refractivity contribution in [3.63, 3.8) is 0 Å². The van der Waals surface area contributed by atoms with E-state index in [0.717, 1.165) is 13.1 Å². The molecule has 1 aliphatic heterocycles. The van der Waals surface area contributed by atoms with Gasteiger partial charge < -0.3 is 10.2 Å². The van der Waals surface area contributed by atoms with Crippen LogP contribution in [0.25, 0.3) is 0 Å². The van der Waals surface area contributed by atoms with Gasteiger partial charge in [0.05, 0.1) is 0 Å². The second-order valence-corrected chi connectivity index (χ2v) is 4.21. The van der Waals surface area contributed by atoms with Gasteiger partial charge >= 0.3 is 0 Å². The van der Waals surface area contributed by atoms with Crippen molar-refractivity contribution in [3.8, 4) is 0 Å². The molecule has 1 rings (SSSR count). The maximum absolute atomic E-state index is 5.01. The van der Waals surface area contributed by atoms with E-state index in [1.165, 1.54) is 0 Å². The van der Waals surface area contributed by atoms with Gasteiger partial charge in [0.1, 0.15) is 4.32 Å². The molecular formula is C7H14N2S2. The standard InChI is InChI=1S/C7H14N2S2/c1-5-4-9(7(10)11)6(2)3-8-5/h5-6,8H,3-4H2,1-2H3,(H,10,11)/t5-,6+/m0/s1. The predicted octanol–water partition coefficient (Wildman–Crippen LogP) is 0.883. The Bertz CT molecular complexity index is 161. The van der Waals surface area contributed by atoms with Gasteiger partial charge in [-0.05, 0) is 13.8 Å². The molecule has 0 amide bonds. The van der Waals surface area contributed by atoms with Crippen LogP contribution >= 0.6 is 24.8 Å². The topological polar surface area (TPSA) is 15.3 Å². The van der Waals surface area contributed by atoms with E-state index >= 15 is 0 Å². The van der Waals surface area contributed by atoms with E-state index < -0.39 is 0 Å². The highest BCUT2D eigenvalue weighted by Crippen LogP contribution is 2.09. The lowest BCUT2D eigenvalue weighted by atomic mass is 10.2. The van der Waals surface area contributed by atoms with Crippen molar-refractivity contribution >= 4 is 29.2 Å². The van der Waals surface area contributed by atoms with Gasteiger partial charge in [-0.3, -0.25) is 0 Å². The fraction of sp³-hybridized carbons (Fsp3) is 0.857. The Morgan fingerprint density at radius 1 is 1.64 bits per heavy atom. The zero-order valence-electron chi connectivity index (χ0n) is 6.87. The molecule has 1 aliphatic rings. The van der Waals surface area contributed by atoms with Crippen LogP contribution in [0.1, 0.15) is 13.8 Å². The number of thiocarbonyl (C=S) groups is 1. The number of hydrogen-bond donors (Lipinski definition) is 2. The summed E-state index contributed by atoms with van der Waals surface area (Å²) in [5.74, 6) is 0. The first-order chi connectivity index (χ1) is 5.11. The summed E-state index contributed by atoms with van der Waals surface area (Å²) in [4.78, 5) is 2.15. The molecule has 64 valence electrons. The Hall–Kier alpha value is 0.200. The first-order valence-electron chi connectivity index (χ1n) is 3.84. The van der Waals surface area contributed by atoms with Crippen LogP contribution in [0.15, 0.2) is 0 Å². The summed E-state index contributed by atoms with van der Waals surface area (Å²) in [7, 11) is 0. The summed E-state index contributed by atoms with van der Waals surface area (Å²) < 4.78 is 0.714. The van der Waals surface area contributed by atoms with Crippen molar-refractivity contribution in [1.82, 2.24) is 10.2 Å². The van der Waals surface area contributed by atoms with E-state index in [1.54, 1.807) is 0 Å². The van der Waals surface area contributed by atoms with Crippen LogP contribution in [0.5, 0.6) is 0 Å². The van der Waals surface area contributed by atoms with Crippen molar-refractivity contribution in [2.24, 2.45) is 0 Å². The third-order valence-electron chi connectivity index (χ3n) is 2.01. The van der Waals surface area contributed by atoms with Crippen LogP contribution < -0.4 is 5.32 Å². The first-order valence-corrected chi connectivity index (χ1v) is 4.69. The smallest absolute Gasteiger partial charge is 0.133 e. The van der Waals surface area contributed by atoms with Crippen molar-refractivity contribution in [2.75, 3.05) is 13.1 Å². The van der Waals surface area contributed by atoms with Crippen molar-refractivity contribution in [2.45, 2.75) is 25.9 Å². The SMILES string of the molecule is C[C@@H]1CN[C@@H](C)CN1C(=S)S. The monoisotopic (exact) mass is 190 g/mol. The summed E-state index contributed by atoms with van der Waals surface area (Å²) in [6.07, 6.45) is 0. The van der Waals surface area contributed by atoms with Crippen LogP contribution in [0.4, 0.5) is 0 Å². The second kappa shape index (κ2) is 3.74. The summed E-state index contributed by atoms with van der Waals surface area (Å²) in [5.41, 5.74) is 0. The molecule has 0 unspecified atom stereocenters. The Morgan fingerprint density at radius 3 is 2.73 bits per heavy atom. The van der Waals surface area contributed by atoms with E-state index in [0.29, 0.717) is 16.4 Å². The Balaban J connectivity index is 2.54. The number of thiol groups is 1. The molecule has 0 aromatic rings. The maximum Gasteiger partial charge on any atom is 0.133 e. The molecule has 1 heterocycles. The van der Waals surface area contributed by atoms with Crippen molar-refractivity contribution in [1.29, 1.82) is 0 Å². The van der Waals surface area contributed by atoms with Crippen LogP contribution in [0.2, 0.25) is 0 Å². The van der Waals surface area contributed by atoms with Crippen LogP contribution in [-0.2, 0) is 0 Å². The lowest BCUT2D eigenvalue weighted by Crippen LogP contribution is -2.54. The fourth-order valence-electron chi connectivity index (χ4n) is 1.29. The minimum atomic E-state index is 0.483. The normalized spacial score (nSPS) is 32.1. The third kappa shape index (κ3) is 2.32. The van der Waals surface area contributed by atoms with Crippen molar-refractivity contribution in [3.05, 3.63) is 0 Å². The van der Waals surface area contributed by atoms with Gasteiger partial charge in [0.25, 0.3) is 0 Å². The minimum Gasteiger partial charge on any atom is -0.352 e. The molecule has 1 N–H and O–H groups in total. The van der Waals surface area contributed by atoms with E-state index in [2.05, 4.69) is 36.7 Å². The quantitative estimate of drug-likeness (QED) is 0.436. The van der Waals surface area contributed by atoms with E-state index in [1.807, 2.05) is 0 Å². The predicted molar refractivity (Wildman–Crippen MR) is 55.2 cm³/mol. The molecule has 4 heteroatoms. The summed E-state index contributed by atoms with van der Waals surface area (Å²) >= 11 is 9.18. The molecule has 0 aromatic carbocycles. The Labute approximate surface area is 78.7 Å². The van der Waals surface area contributed by atoms with Gasteiger partial charge in [-0.1, -0.05) is 12.2 Å². The molecule has 2 nitrogen and oxygen atoms in total. The number of rotatable bonds is 0. The van der Waals surface area contributed by atoms with Crippen LogP contribution in [0, 0.1) is 0 Å². The molecule has 1 fully saturated rings. The highest BCUT2D eigenvalue weighted by molar-refractivity contribution is 8.10. The van der Waals surface area contributed by atoms with Gasteiger partial charge in [-0.25, -0.2) is 0 Å². The minimum absolute atomic E-state index is 0.483. The average molecular weight is 190 g/mol. The number of hydrogen-bond acceptors (Lipinski definition) is 2. The fourth-order valence-corrected chi connectivity index (χ4v) is 1.82. The molecule has 0 aromatic heterocycles. The third-order valence-corrected chi connectivity index (χ3v) is 2.50. The molecule has 2 atom stereocenters. The second-order valence-electron chi connectivity index (χ2n) is 3.09.